The molecule has 4 rings (SSSR count). The van der Waals surface area contributed by atoms with Crippen molar-refractivity contribution in [3.63, 3.8) is 0 Å². The molecule has 1 amide bonds. The van der Waals surface area contributed by atoms with Gasteiger partial charge in [-0.1, -0.05) is 6.07 Å². The molecule has 0 saturated carbocycles. The number of hydrogen-bond acceptors (Lipinski definition) is 5. The van der Waals surface area contributed by atoms with E-state index in [0.717, 1.165) is 29.6 Å². The third-order valence-electron chi connectivity index (χ3n) is 4.45. The molecule has 0 spiro atoms. The number of nitrogens with zero attached hydrogens (tertiary/aromatic N) is 2. The normalized spacial score (nSPS) is 12.8. The van der Waals surface area contributed by atoms with E-state index in [0.29, 0.717) is 11.5 Å². The van der Waals surface area contributed by atoms with Crippen LogP contribution >= 0.6 is 0 Å². The molecule has 26 heavy (non-hydrogen) atoms. The van der Waals surface area contributed by atoms with Gasteiger partial charge < -0.3 is 15.5 Å². The fourth-order valence-corrected chi connectivity index (χ4v) is 3.20. The molecule has 3 N–H and O–H groups in total. The molecule has 1 aromatic carbocycles. The van der Waals surface area contributed by atoms with E-state index in [1.807, 2.05) is 18.2 Å². The Bertz CT molecular complexity index is 1020. The number of nitrogen functional groups attached to an aromatic ring is 1. The lowest BCUT2D eigenvalue weighted by molar-refractivity contribution is -0.117. The molecule has 0 atom stereocenters. The van der Waals surface area contributed by atoms with E-state index in [-0.39, 0.29) is 18.1 Å². The minimum atomic E-state index is -0.510. The molecule has 0 bridgehead atoms. The lowest BCUT2D eigenvalue weighted by Gasteiger charge is -2.10. The van der Waals surface area contributed by atoms with E-state index in [9.17, 15) is 9.59 Å². The summed E-state index contributed by atoms with van der Waals surface area (Å²) in [5.74, 6) is 0.137. The third-order valence-corrected chi connectivity index (χ3v) is 4.45. The fourth-order valence-electron chi connectivity index (χ4n) is 3.20. The predicted molar refractivity (Wildman–Crippen MR) is 97.7 cm³/mol. The predicted octanol–water partition coefficient (Wildman–Crippen LogP) is 2.21. The molecule has 3 aromatic rings. The van der Waals surface area contributed by atoms with Crippen LogP contribution in [0.25, 0.3) is 11.5 Å². The number of furan rings is 1. The second-order valence-electron chi connectivity index (χ2n) is 6.31. The third kappa shape index (κ3) is 3.11. The molecular formula is C19H18N4O3. The number of nitrogens with one attached hydrogen (secondary N) is 1. The standard InChI is InChI=1S/C19H18N4O3/c20-15-10-16(17-5-2-8-26-17)22-23(19(15)25)11-18(24)21-14-7-6-12-3-1-4-13(12)9-14/h2,5-10H,1,3-4,11,20H2,(H,21,24). The first-order valence-electron chi connectivity index (χ1n) is 8.43. The summed E-state index contributed by atoms with van der Waals surface area (Å²) in [5, 5.41) is 7.00. The summed E-state index contributed by atoms with van der Waals surface area (Å²) in [5.41, 5.74) is 8.99. The molecule has 0 unspecified atom stereocenters. The number of aryl methyl sites for hydroxylation is 2. The van der Waals surface area contributed by atoms with Gasteiger partial charge in [0.05, 0.1) is 6.26 Å². The number of nitrogens with two attached hydrogens (primary N) is 1. The van der Waals surface area contributed by atoms with E-state index in [4.69, 9.17) is 10.2 Å². The van der Waals surface area contributed by atoms with Crippen molar-refractivity contribution in [1.82, 2.24) is 9.78 Å². The Morgan fingerprint density at radius 3 is 2.88 bits per heavy atom. The minimum Gasteiger partial charge on any atom is -0.463 e. The Labute approximate surface area is 149 Å². The van der Waals surface area contributed by atoms with Crippen molar-refractivity contribution in [2.24, 2.45) is 0 Å². The second kappa shape index (κ2) is 6.51. The van der Waals surface area contributed by atoms with Crippen molar-refractivity contribution in [3.05, 3.63) is 64.1 Å². The zero-order valence-corrected chi connectivity index (χ0v) is 14.1. The average Bonchev–Trinajstić information content (AvgIpc) is 3.29. The first-order chi connectivity index (χ1) is 12.6. The molecule has 7 nitrogen and oxygen atoms in total. The molecule has 0 aliphatic heterocycles. The van der Waals surface area contributed by atoms with Gasteiger partial charge in [-0.3, -0.25) is 9.59 Å². The fraction of sp³-hybridized carbons (Fsp3) is 0.211. The van der Waals surface area contributed by atoms with Crippen molar-refractivity contribution in [2.45, 2.75) is 25.8 Å². The topological polar surface area (TPSA) is 103 Å². The van der Waals surface area contributed by atoms with Gasteiger partial charge in [-0.2, -0.15) is 5.10 Å². The van der Waals surface area contributed by atoms with Gasteiger partial charge in [-0.25, -0.2) is 4.68 Å². The van der Waals surface area contributed by atoms with Crippen LogP contribution in [0.15, 0.2) is 51.9 Å². The summed E-state index contributed by atoms with van der Waals surface area (Å²) >= 11 is 0. The molecule has 7 heteroatoms. The maximum Gasteiger partial charge on any atom is 0.290 e. The first-order valence-corrected chi connectivity index (χ1v) is 8.43. The van der Waals surface area contributed by atoms with Crippen LogP contribution in [0.5, 0.6) is 0 Å². The van der Waals surface area contributed by atoms with E-state index >= 15 is 0 Å². The van der Waals surface area contributed by atoms with Crippen molar-refractivity contribution in [3.8, 4) is 11.5 Å². The maximum atomic E-state index is 12.4. The number of carbonyl (C=O) groups is 1. The van der Waals surface area contributed by atoms with Gasteiger partial charge in [0.1, 0.15) is 17.9 Å². The zero-order chi connectivity index (χ0) is 18.1. The number of anilines is 2. The summed E-state index contributed by atoms with van der Waals surface area (Å²) in [6.07, 6.45) is 4.76. The molecular weight excluding hydrogens is 332 g/mol. The van der Waals surface area contributed by atoms with Crippen LogP contribution in [0.2, 0.25) is 0 Å². The SMILES string of the molecule is Nc1cc(-c2ccco2)nn(CC(=O)Nc2ccc3c(c2)CCC3)c1=O. The molecule has 132 valence electrons. The van der Waals surface area contributed by atoms with Crippen LogP contribution in [0, 0.1) is 0 Å². The second-order valence-corrected chi connectivity index (χ2v) is 6.31. The van der Waals surface area contributed by atoms with E-state index < -0.39 is 5.56 Å². The monoisotopic (exact) mass is 350 g/mol. The molecule has 1 aliphatic rings. The van der Waals surface area contributed by atoms with E-state index in [2.05, 4.69) is 10.4 Å². The number of rotatable bonds is 4. The zero-order valence-electron chi connectivity index (χ0n) is 14.1. The smallest absolute Gasteiger partial charge is 0.290 e. The van der Waals surface area contributed by atoms with E-state index in [1.165, 1.54) is 23.5 Å². The van der Waals surface area contributed by atoms with Crippen LogP contribution in [-0.2, 0) is 24.2 Å². The van der Waals surface area contributed by atoms with Gasteiger partial charge in [-0.15, -0.1) is 0 Å². The van der Waals surface area contributed by atoms with Crippen molar-refractivity contribution in [1.29, 1.82) is 0 Å². The number of carbonyl (C=O) groups excluding carboxylic acids is 1. The van der Waals surface area contributed by atoms with Gasteiger partial charge in [-0.05, 0) is 60.7 Å². The molecule has 0 saturated heterocycles. The largest absolute Gasteiger partial charge is 0.463 e. The summed E-state index contributed by atoms with van der Waals surface area (Å²) < 4.78 is 6.33. The highest BCUT2D eigenvalue weighted by Crippen LogP contribution is 2.25. The molecule has 2 heterocycles. The quantitative estimate of drug-likeness (QED) is 0.751. The van der Waals surface area contributed by atoms with E-state index in [1.54, 1.807) is 12.1 Å². The molecule has 2 aromatic heterocycles. The summed E-state index contributed by atoms with van der Waals surface area (Å²) in [6.45, 7) is -0.228. The van der Waals surface area contributed by atoms with Crippen molar-refractivity contribution >= 4 is 17.3 Å². The number of aromatic nitrogens is 2. The highest BCUT2D eigenvalue weighted by atomic mass is 16.3. The van der Waals surface area contributed by atoms with Crippen molar-refractivity contribution < 1.29 is 9.21 Å². The molecule has 0 radical (unpaired) electrons. The van der Waals surface area contributed by atoms with Crippen LogP contribution in [0.3, 0.4) is 0 Å². The summed E-state index contributed by atoms with van der Waals surface area (Å²) in [6, 6.07) is 10.8. The van der Waals surface area contributed by atoms with Gasteiger partial charge in [0, 0.05) is 5.69 Å². The van der Waals surface area contributed by atoms with Crippen LogP contribution in [0.1, 0.15) is 17.5 Å². The number of amides is 1. The van der Waals surface area contributed by atoms with Gasteiger partial charge in [0.2, 0.25) is 5.91 Å². The Kier molecular flexibility index (Phi) is 4.04. The number of benzene rings is 1. The molecule has 0 fully saturated rings. The summed E-state index contributed by atoms with van der Waals surface area (Å²) in [4.78, 5) is 24.6. The van der Waals surface area contributed by atoms with Gasteiger partial charge >= 0.3 is 0 Å². The molecule has 1 aliphatic carbocycles. The van der Waals surface area contributed by atoms with Crippen LogP contribution in [-0.4, -0.2) is 15.7 Å². The number of hydrogen-bond donors (Lipinski definition) is 2. The van der Waals surface area contributed by atoms with Gasteiger partial charge in [0.15, 0.2) is 5.76 Å². The van der Waals surface area contributed by atoms with Crippen LogP contribution < -0.4 is 16.6 Å². The first kappa shape index (κ1) is 16.1. The van der Waals surface area contributed by atoms with Crippen molar-refractivity contribution in [2.75, 3.05) is 11.1 Å². The lowest BCUT2D eigenvalue weighted by atomic mass is 10.1. The Morgan fingerprint density at radius 1 is 1.23 bits per heavy atom. The number of fused-ring (bicyclic) bond motifs is 1. The van der Waals surface area contributed by atoms with Crippen LogP contribution in [0.4, 0.5) is 11.4 Å². The Hall–Kier alpha value is -3.35. The average molecular weight is 350 g/mol. The Morgan fingerprint density at radius 2 is 2.08 bits per heavy atom. The summed E-state index contributed by atoms with van der Waals surface area (Å²) in [7, 11) is 0. The highest BCUT2D eigenvalue weighted by Gasteiger charge is 2.14. The highest BCUT2D eigenvalue weighted by molar-refractivity contribution is 5.90. The van der Waals surface area contributed by atoms with Gasteiger partial charge in [0.25, 0.3) is 5.56 Å². The maximum absolute atomic E-state index is 12.4. The minimum absolute atomic E-state index is 0.0109. The Balaban J connectivity index is 1.55. The lowest BCUT2D eigenvalue weighted by Crippen LogP contribution is -2.31.